The Morgan fingerprint density at radius 3 is 2.32 bits per heavy atom. The lowest BCUT2D eigenvalue weighted by Crippen LogP contribution is -2.11. The maximum absolute atomic E-state index is 12.2. The average Bonchev–Trinajstić information content (AvgIpc) is 2.64. The van der Waals surface area contributed by atoms with Gasteiger partial charge in [0.05, 0.1) is 19.5 Å². The van der Waals surface area contributed by atoms with Crippen LogP contribution in [0.1, 0.15) is 0 Å². The Kier molecular flexibility index (Phi) is 4.85. The molecule has 0 saturated carbocycles. The lowest BCUT2D eigenvalue weighted by Gasteiger charge is -2.08. The molecule has 2 rings (SSSR count). The van der Waals surface area contributed by atoms with Crippen LogP contribution in [-0.4, -0.2) is 8.42 Å². The maximum atomic E-state index is 12.2. The first kappa shape index (κ1) is 15.6. The molecule has 1 aromatic carbocycles. The number of rotatable bonds is 3. The molecule has 0 radical (unpaired) electrons. The summed E-state index contributed by atoms with van der Waals surface area (Å²) < 4.78 is 28.2. The van der Waals surface area contributed by atoms with E-state index in [2.05, 4.69) is 36.6 Å². The van der Waals surface area contributed by atoms with E-state index >= 15 is 0 Å². The van der Waals surface area contributed by atoms with Crippen molar-refractivity contribution in [1.29, 1.82) is 0 Å². The third kappa shape index (κ3) is 3.65. The highest BCUT2D eigenvalue weighted by Gasteiger charge is 2.20. The Morgan fingerprint density at radius 1 is 1.11 bits per heavy atom. The van der Waals surface area contributed by atoms with Gasteiger partial charge in [0.15, 0.2) is 0 Å². The van der Waals surface area contributed by atoms with Crippen molar-refractivity contribution in [2.75, 3.05) is 4.72 Å². The van der Waals surface area contributed by atoms with Gasteiger partial charge in [-0.1, -0.05) is 39.1 Å². The van der Waals surface area contributed by atoms with Gasteiger partial charge in [-0.15, -0.1) is 11.3 Å². The molecule has 3 nitrogen and oxygen atoms in total. The van der Waals surface area contributed by atoms with Crippen molar-refractivity contribution >= 4 is 82.1 Å². The number of anilines is 1. The molecule has 9 heteroatoms. The number of thiophene rings is 1. The van der Waals surface area contributed by atoms with Gasteiger partial charge < -0.3 is 0 Å². The van der Waals surface area contributed by atoms with Crippen LogP contribution in [-0.2, 0) is 10.0 Å². The van der Waals surface area contributed by atoms with Gasteiger partial charge in [0, 0.05) is 4.47 Å². The van der Waals surface area contributed by atoms with Crippen molar-refractivity contribution in [1.82, 2.24) is 0 Å². The maximum Gasteiger partial charge on any atom is 0.271 e. The summed E-state index contributed by atoms with van der Waals surface area (Å²) in [5.41, 5.74) is 0.311. The van der Waals surface area contributed by atoms with E-state index in [0.717, 1.165) is 15.8 Å². The first-order valence-electron chi connectivity index (χ1n) is 4.72. The highest BCUT2D eigenvalue weighted by molar-refractivity contribution is 9.11. The average molecular weight is 466 g/mol. The zero-order chi connectivity index (χ0) is 14.2. The van der Waals surface area contributed by atoms with Crippen LogP contribution < -0.4 is 4.72 Å². The Morgan fingerprint density at radius 2 is 1.79 bits per heavy atom. The molecular formula is C10H5Br2Cl2NO2S2. The summed E-state index contributed by atoms with van der Waals surface area (Å²) in [4.78, 5) is 0. The second kappa shape index (κ2) is 5.91. The molecule has 1 heterocycles. The molecule has 0 aliphatic heterocycles. The molecular weight excluding hydrogens is 461 g/mol. The van der Waals surface area contributed by atoms with Gasteiger partial charge in [-0.3, -0.25) is 4.72 Å². The van der Waals surface area contributed by atoms with Crippen LogP contribution in [0.3, 0.4) is 0 Å². The smallest absolute Gasteiger partial charge is 0.271 e. The SMILES string of the molecule is O=S(=O)(Nc1ccc(Br)cc1Cl)c1cc(Cl)c(Br)s1. The molecule has 1 aromatic heterocycles. The number of hydrogen-bond donors (Lipinski definition) is 1. The Balaban J connectivity index is 2.36. The zero-order valence-electron chi connectivity index (χ0n) is 8.95. The van der Waals surface area contributed by atoms with E-state index in [1.165, 1.54) is 6.07 Å². The monoisotopic (exact) mass is 463 g/mol. The minimum atomic E-state index is -3.70. The minimum Gasteiger partial charge on any atom is -0.277 e. The molecule has 19 heavy (non-hydrogen) atoms. The van der Waals surface area contributed by atoms with Gasteiger partial charge in [0.2, 0.25) is 0 Å². The summed E-state index contributed by atoms with van der Waals surface area (Å²) in [6, 6.07) is 6.26. The van der Waals surface area contributed by atoms with Crippen LogP contribution in [0.4, 0.5) is 5.69 Å². The molecule has 0 saturated heterocycles. The van der Waals surface area contributed by atoms with Crippen molar-refractivity contribution in [3.63, 3.8) is 0 Å². The molecule has 2 aromatic rings. The molecule has 0 fully saturated rings. The molecule has 0 aliphatic carbocycles. The zero-order valence-corrected chi connectivity index (χ0v) is 15.3. The van der Waals surface area contributed by atoms with Crippen molar-refractivity contribution in [3.8, 4) is 0 Å². The second-order valence-electron chi connectivity index (χ2n) is 3.42. The third-order valence-corrected chi connectivity index (χ3v) is 7.18. The molecule has 0 unspecified atom stereocenters. The van der Waals surface area contributed by atoms with Crippen LogP contribution in [0.15, 0.2) is 36.7 Å². The molecule has 0 aliphatic rings. The summed E-state index contributed by atoms with van der Waals surface area (Å²) >= 11 is 19.3. The van der Waals surface area contributed by atoms with Crippen molar-refractivity contribution < 1.29 is 8.42 Å². The van der Waals surface area contributed by atoms with Gasteiger partial charge >= 0.3 is 0 Å². The topological polar surface area (TPSA) is 46.2 Å². The quantitative estimate of drug-likeness (QED) is 0.661. The number of nitrogens with one attached hydrogen (secondary N) is 1. The molecule has 0 spiro atoms. The summed E-state index contributed by atoms with van der Waals surface area (Å²) in [5, 5.41) is 0.659. The van der Waals surface area contributed by atoms with Gasteiger partial charge in [0.1, 0.15) is 4.21 Å². The van der Waals surface area contributed by atoms with Gasteiger partial charge in [-0.05, 0) is 40.2 Å². The largest absolute Gasteiger partial charge is 0.277 e. The molecule has 1 N–H and O–H groups in total. The van der Waals surface area contributed by atoms with E-state index in [0.29, 0.717) is 19.5 Å². The lowest BCUT2D eigenvalue weighted by atomic mass is 10.3. The van der Waals surface area contributed by atoms with E-state index < -0.39 is 10.0 Å². The van der Waals surface area contributed by atoms with Crippen molar-refractivity contribution in [3.05, 3.63) is 42.6 Å². The van der Waals surface area contributed by atoms with Crippen LogP contribution in [0, 0.1) is 0 Å². The number of benzene rings is 1. The van der Waals surface area contributed by atoms with Crippen molar-refractivity contribution in [2.45, 2.75) is 4.21 Å². The van der Waals surface area contributed by atoms with E-state index in [4.69, 9.17) is 23.2 Å². The Bertz CT molecular complexity index is 712. The number of sulfonamides is 1. The highest BCUT2D eigenvalue weighted by atomic mass is 79.9. The molecule has 0 amide bonds. The van der Waals surface area contributed by atoms with E-state index in [1.54, 1.807) is 18.2 Å². The number of halogens is 4. The van der Waals surface area contributed by atoms with E-state index in [1.807, 2.05) is 0 Å². The Labute approximate surface area is 141 Å². The molecule has 0 bridgehead atoms. The summed E-state index contributed by atoms with van der Waals surface area (Å²) in [7, 11) is -3.70. The molecule has 102 valence electrons. The fourth-order valence-corrected chi connectivity index (χ4v) is 5.48. The van der Waals surface area contributed by atoms with Gasteiger partial charge in [-0.2, -0.15) is 0 Å². The van der Waals surface area contributed by atoms with Crippen molar-refractivity contribution in [2.24, 2.45) is 0 Å². The predicted octanol–water partition coefficient (Wildman–Crippen LogP) is 5.38. The first-order chi connectivity index (χ1) is 8.79. The third-order valence-electron chi connectivity index (χ3n) is 2.06. The van der Waals surface area contributed by atoms with Crippen LogP contribution in [0.5, 0.6) is 0 Å². The lowest BCUT2D eigenvalue weighted by molar-refractivity contribution is 0.603. The minimum absolute atomic E-state index is 0.114. The van der Waals surface area contributed by atoms with Crippen LogP contribution in [0.25, 0.3) is 0 Å². The fourth-order valence-electron chi connectivity index (χ4n) is 1.23. The second-order valence-corrected chi connectivity index (χ2v) is 9.43. The molecule has 0 atom stereocenters. The fraction of sp³-hybridized carbons (Fsp3) is 0. The van der Waals surface area contributed by atoms with Crippen LogP contribution >= 0.6 is 66.4 Å². The van der Waals surface area contributed by atoms with E-state index in [-0.39, 0.29) is 4.21 Å². The van der Waals surface area contributed by atoms with E-state index in [9.17, 15) is 8.42 Å². The van der Waals surface area contributed by atoms with Crippen LogP contribution in [0.2, 0.25) is 10.0 Å². The van der Waals surface area contributed by atoms with Gasteiger partial charge in [-0.25, -0.2) is 8.42 Å². The first-order valence-corrected chi connectivity index (χ1v) is 9.36. The highest BCUT2D eigenvalue weighted by Crippen LogP contribution is 2.36. The number of hydrogen-bond acceptors (Lipinski definition) is 3. The summed E-state index contributed by atoms with van der Waals surface area (Å²) in [6.07, 6.45) is 0. The standard InChI is InChI=1S/C10H5Br2Cl2NO2S2/c11-5-1-2-8(6(13)3-5)15-19(16,17)9-4-7(14)10(12)18-9/h1-4,15H. The normalized spacial score (nSPS) is 11.6. The summed E-state index contributed by atoms with van der Waals surface area (Å²) in [6.45, 7) is 0. The van der Waals surface area contributed by atoms with Gasteiger partial charge in [0.25, 0.3) is 10.0 Å². The Hall–Kier alpha value is 0.210. The summed E-state index contributed by atoms with van der Waals surface area (Å²) in [5.74, 6) is 0. The predicted molar refractivity (Wildman–Crippen MR) is 87.0 cm³/mol.